The van der Waals surface area contributed by atoms with Crippen molar-refractivity contribution < 1.29 is 13.5 Å². The lowest BCUT2D eigenvalue weighted by Gasteiger charge is -2.10. The third-order valence-electron chi connectivity index (χ3n) is 3.06. The molecule has 1 rings (SSSR count). The quantitative estimate of drug-likeness (QED) is 0.739. The molecule has 0 aliphatic rings. The Morgan fingerprint density at radius 2 is 1.78 bits per heavy atom. The fraction of sp³-hybridized carbons (Fsp3) is 0.571. The largest absolute Gasteiger partial charge is 0.388 e. The van der Waals surface area contributed by atoms with Crippen molar-refractivity contribution in [1.82, 2.24) is 0 Å². The van der Waals surface area contributed by atoms with Gasteiger partial charge in [0.15, 0.2) is 0 Å². The maximum atomic E-state index is 11.3. The van der Waals surface area contributed by atoms with Crippen LogP contribution >= 0.6 is 0 Å². The van der Waals surface area contributed by atoms with Gasteiger partial charge in [0, 0.05) is 5.75 Å². The molecule has 0 fully saturated rings. The number of aliphatic hydroxyl groups excluding tert-OH is 1. The fourth-order valence-electron chi connectivity index (χ4n) is 1.82. The zero-order valence-electron chi connectivity index (χ0n) is 10.9. The zero-order chi connectivity index (χ0) is 13.4. The SMILES string of the molecule is CCS(=O)(=O)CCCCCC(O)c1ccccc1. The first kappa shape index (κ1) is 15.2. The Morgan fingerprint density at radius 3 is 2.39 bits per heavy atom. The van der Waals surface area contributed by atoms with Crippen LogP contribution in [0.4, 0.5) is 0 Å². The smallest absolute Gasteiger partial charge is 0.150 e. The van der Waals surface area contributed by atoms with Crippen LogP contribution in [0.5, 0.6) is 0 Å². The van der Waals surface area contributed by atoms with Crippen molar-refractivity contribution in [3.63, 3.8) is 0 Å². The molecule has 18 heavy (non-hydrogen) atoms. The first-order valence-corrected chi connectivity index (χ1v) is 8.30. The van der Waals surface area contributed by atoms with Crippen molar-refractivity contribution in [1.29, 1.82) is 0 Å². The number of aliphatic hydroxyl groups is 1. The van der Waals surface area contributed by atoms with Gasteiger partial charge in [0.25, 0.3) is 0 Å². The molecule has 0 aromatic heterocycles. The lowest BCUT2D eigenvalue weighted by Crippen LogP contribution is -2.08. The molecule has 1 aromatic rings. The monoisotopic (exact) mass is 270 g/mol. The predicted molar refractivity (Wildman–Crippen MR) is 74.2 cm³/mol. The Balaban J connectivity index is 2.19. The maximum absolute atomic E-state index is 11.3. The Bertz CT molecular complexity index is 426. The van der Waals surface area contributed by atoms with Crippen LogP contribution < -0.4 is 0 Å². The average molecular weight is 270 g/mol. The summed E-state index contributed by atoms with van der Waals surface area (Å²) in [6, 6.07) is 9.56. The molecule has 1 N–H and O–H groups in total. The van der Waals surface area contributed by atoms with Crippen LogP contribution in [0.15, 0.2) is 30.3 Å². The van der Waals surface area contributed by atoms with E-state index in [4.69, 9.17) is 0 Å². The summed E-state index contributed by atoms with van der Waals surface area (Å²) in [5, 5.41) is 9.91. The van der Waals surface area contributed by atoms with Crippen LogP contribution in [0.1, 0.15) is 44.3 Å². The first-order valence-electron chi connectivity index (χ1n) is 6.48. The van der Waals surface area contributed by atoms with Gasteiger partial charge in [0.05, 0.1) is 11.9 Å². The van der Waals surface area contributed by atoms with Gasteiger partial charge < -0.3 is 5.11 Å². The van der Waals surface area contributed by atoms with E-state index in [-0.39, 0.29) is 11.5 Å². The third-order valence-corrected chi connectivity index (χ3v) is 4.85. The Hall–Kier alpha value is -0.870. The molecule has 102 valence electrons. The van der Waals surface area contributed by atoms with Gasteiger partial charge in [-0.1, -0.05) is 50.1 Å². The molecule has 0 bridgehead atoms. The van der Waals surface area contributed by atoms with E-state index < -0.39 is 15.9 Å². The minimum atomic E-state index is -2.83. The zero-order valence-corrected chi connectivity index (χ0v) is 11.7. The molecule has 3 nitrogen and oxygen atoms in total. The highest BCUT2D eigenvalue weighted by atomic mass is 32.2. The van der Waals surface area contributed by atoms with Crippen molar-refractivity contribution in [3.05, 3.63) is 35.9 Å². The summed E-state index contributed by atoms with van der Waals surface area (Å²) in [7, 11) is -2.83. The second kappa shape index (κ2) is 7.54. The van der Waals surface area contributed by atoms with Crippen LogP contribution in [-0.4, -0.2) is 25.0 Å². The predicted octanol–water partition coefficient (Wildman–Crippen LogP) is 2.72. The molecule has 0 aliphatic heterocycles. The molecule has 0 saturated heterocycles. The summed E-state index contributed by atoms with van der Waals surface area (Å²) in [5.74, 6) is 0.491. The normalized spacial score (nSPS) is 13.4. The highest BCUT2D eigenvalue weighted by molar-refractivity contribution is 7.91. The molecule has 4 heteroatoms. The van der Waals surface area contributed by atoms with Gasteiger partial charge in [0.2, 0.25) is 0 Å². The van der Waals surface area contributed by atoms with Crippen molar-refractivity contribution in [2.75, 3.05) is 11.5 Å². The molecule has 0 aliphatic carbocycles. The van der Waals surface area contributed by atoms with Crippen LogP contribution in [0.2, 0.25) is 0 Å². The van der Waals surface area contributed by atoms with Crippen molar-refractivity contribution >= 4 is 9.84 Å². The minimum Gasteiger partial charge on any atom is -0.388 e. The van der Waals surface area contributed by atoms with Gasteiger partial charge in [-0.15, -0.1) is 0 Å². The third kappa shape index (κ3) is 5.65. The van der Waals surface area contributed by atoms with Gasteiger partial charge in [-0.3, -0.25) is 0 Å². The Labute approximate surface area is 110 Å². The van der Waals surface area contributed by atoms with Crippen molar-refractivity contribution in [2.45, 2.75) is 38.7 Å². The fourth-order valence-corrected chi connectivity index (χ4v) is 2.76. The van der Waals surface area contributed by atoms with Crippen molar-refractivity contribution in [2.24, 2.45) is 0 Å². The number of hydrogen-bond acceptors (Lipinski definition) is 3. The summed E-state index contributed by atoms with van der Waals surface area (Å²) in [6.45, 7) is 1.68. The average Bonchev–Trinajstić information content (AvgIpc) is 2.39. The molecule has 0 spiro atoms. The number of sulfone groups is 1. The highest BCUT2D eigenvalue weighted by Crippen LogP contribution is 2.19. The standard InChI is InChI=1S/C14H22O3S/c1-2-18(16,17)12-8-4-7-11-14(15)13-9-5-3-6-10-13/h3,5-6,9-10,14-15H,2,4,7-8,11-12H2,1H3. The number of hydrogen-bond donors (Lipinski definition) is 1. The van der Waals surface area contributed by atoms with Gasteiger partial charge in [-0.05, 0) is 18.4 Å². The molecule has 1 unspecified atom stereocenters. The molecular weight excluding hydrogens is 248 g/mol. The van der Waals surface area contributed by atoms with Gasteiger partial charge >= 0.3 is 0 Å². The summed E-state index contributed by atoms with van der Waals surface area (Å²) in [6.07, 6.45) is 2.65. The van der Waals surface area contributed by atoms with E-state index in [1.807, 2.05) is 30.3 Å². The van der Waals surface area contributed by atoms with Crippen LogP contribution in [0.25, 0.3) is 0 Å². The van der Waals surface area contributed by atoms with Crippen molar-refractivity contribution in [3.8, 4) is 0 Å². The Kier molecular flexibility index (Phi) is 6.36. The first-order chi connectivity index (χ1) is 8.55. The number of unbranched alkanes of at least 4 members (excludes halogenated alkanes) is 2. The maximum Gasteiger partial charge on any atom is 0.150 e. The number of rotatable bonds is 8. The lowest BCUT2D eigenvalue weighted by molar-refractivity contribution is 0.163. The van der Waals surface area contributed by atoms with Crippen LogP contribution in [0, 0.1) is 0 Å². The number of benzene rings is 1. The summed E-state index contributed by atoms with van der Waals surface area (Å²) in [4.78, 5) is 0. The van der Waals surface area contributed by atoms with E-state index in [0.717, 1.165) is 18.4 Å². The van der Waals surface area contributed by atoms with E-state index in [9.17, 15) is 13.5 Å². The molecule has 0 radical (unpaired) electrons. The second-order valence-electron chi connectivity index (χ2n) is 4.51. The summed E-state index contributed by atoms with van der Waals surface area (Å²) in [5.41, 5.74) is 0.929. The molecule has 1 atom stereocenters. The van der Waals surface area contributed by atoms with E-state index in [1.165, 1.54) is 0 Å². The second-order valence-corrected chi connectivity index (χ2v) is 6.98. The minimum absolute atomic E-state index is 0.222. The van der Waals surface area contributed by atoms with E-state index >= 15 is 0 Å². The van der Waals surface area contributed by atoms with E-state index in [0.29, 0.717) is 12.8 Å². The molecule has 0 heterocycles. The van der Waals surface area contributed by atoms with Crippen LogP contribution in [-0.2, 0) is 9.84 Å². The topological polar surface area (TPSA) is 54.4 Å². The van der Waals surface area contributed by atoms with Crippen LogP contribution in [0.3, 0.4) is 0 Å². The van der Waals surface area contributed by atoms with Gasteiger partial charge in [0.1, 0.15) is 9.84 Å². The van der Waals surface area contributed by atoms with Gasteiger partial charge in [-0.25, -0.2) is 8.42 Å². The van der Waals surface area contributed by atoms with E-state index in [2.05, 4.69) is 0 Å². The molecule has 1 aromatic carbocycles. The summed E-state index contributed by atoms with van der Waals surface area (Å²) >= 11 is 0. The molecule has 0 saturated carbocycles. The summed E-state index contributed by atoms with van der Waals surface area (Å²) < 4.78 is 22.5. The molecule has 0 amide bonds. The Morgan fingerprint density at radius 1 is 1.11 bits per heavy atom. The lowest BCUT2D eigenvalue weighted by atomic mass is 10.0. The molecular formula is C14H22O3S. The highest BCUT2D eigenvalue weighted by Gasteiger charge is 2.08. The van der Waals surface area contributed by atoms with E-state index in [1.54, 1.807) is 6.92 Å². The van der Waals surface area contributed by atoms with Gasteiger partial charge in [-0.2, -0.15) is 0 Å².